The van der Waals surface area contributed by atoms with Crippen LogP contribution in [0.5, 0.6) is 5.75 Å². The molecular formula is C12H16O4. The van der Waals surface area contributed by atoms with E-state index in [1.54, 1.807) is 12.1 Å². The Hall–Kier alpha value is -1.10. The van der Waals surface area contributed by atoms with Crippen LogP contribution in [0.2, 0.25) is 0 Å². The Bertz CT molecular complexity index is 349. The van der Waals surface area contributed by atoms with Crippen LogP contribution in [0.25, 0.3) is 0 Å². The lowest BCUT2D eigenvalue weighted by atomic mass is 10.1. The Morgan fingerprint density at radius 2 is 2.06 bits per heavy atom. The highest BCUT2D eigenvalue weighted by Gasteiger charge is 2.36. The van der Waals surface area contributed by atoms with Gasteiger partial charge in [0.25, 0.3) is 0 Å². The summed E-state index contributed by atoms with van der Waals surface area (Å²) in [6, 6.07) is 6.94. The third-order valence-corrected chi connectivity index (χ3v) is 2.66. The zero-order valence-corrected chi connectivity index (χ0v) is 9.22. The fraction of sp³-hybridized carbons (Fsp3) is 0.500. The zero-order chi connectivity index (χ0) is 11.6. The van der Waals surface area contributed by atoms with Gasteiger partial charge in [-0.1, -0.05) is 12.1 Å². The molecule has 1 fully saturated rings. The molecule has 1 aliphatic rings. The molecule has 0 radical (unpaired) electrons. The summed E-state index contributed by atoms with van der Waals surface area (Å²) in [6.45, 7) is 2.26. The molecule has 2 rings (SSSR count). The van der Waals surface area contributed by atoms with Gasteiger partial charge in [-0.25, -0.2) is 0 Å². The summed E-state index contributed by atoms with van der Waals surface area (Å²) in [7, 11) is 0. The smallest absolute Gasteiger partial charge is 0.170 e. The van der Waals surface area contributed by atoms with Crippen molar-refractivity contribution in [2.45, 2.75) is 25.2 Å². The molecule has 1 aliphatic heterocycles. The van der Waals surface area contributed by atoms with E-state index < -0.39 is 5.79 Å². The lowest BCUT2D eigenvalue weighted by Crippen LogP contribution is -2.30. The van der Waals surface area contributed by atoms with Gasteiger partial charge >= 0.3 is 0 Å². The monoisotopic (exact) mass is 224 g/mol. The molecule has 2 unspecified atom stereocenters. The van der Waals surface area contributed by atoms with E-state index in [4.69, 9.17) is 19.7 Å². The fourth-order valence-corrected chi connectivity index (χ4v) is 1.86. The maximum atomic E-state index is 9.17. The lowest BCUT2D eigenvalue weighted by molar-refractivity contribution is -0.156. The van der Waals surface area contributed by atoms with Gasteiger partial charge in [-0.3, -0.25) is 0 Å². The van der Waals surface area contributed by atoms with Crippen molar-refractivity contribution in [1.29, 1.82) is 0 Å². The predicted molar refractivity (Wildman–Crippen MR) is 58.1 cm³/mol. The molecule has 0 aliphatic carbocycles. The third-order valence-electron chi connectivity index (χ3n) is 2.66. The van der Waals surface area contributed by atoms with Crippen LogP contribution in [-0.4, -0.2) is 35.3 Å². The molecule has 2 N–H and O–H groups in total. The van der Waals surface area contributed by atoms with E-state index in [1.165, 1.54) is 0 Å². The first-order valence-electron chi connectivity index (χ1n) is 5.32. The van der Waals surface area contributed by atoms with Crippen LogP contribution in [0.1, 0.15) is 12.5 Å². The van der Waals surface area contributed by atoms with Gasteiger partial charge in [-0.2, -0.15) is 0 Å². The molecule has 1 aromatic rings. The van der Waals surface area contributed by atoms with Crippen LogP contribution in [-0.2, 0) is 15.9 Å². The van der Waals surface area contributed by atoms with E-state index in [-0.39, 0.29) is 18.5 Å². The van der Waals surface area contributed by atoms with E-state index in [2.05, 4.69) is 0 Å². The number of aliphatic hydroxyl groups excluding tert-OH is 1. The van der Waals surface area contributed by atoms with Crippen molar-refractivity contribution in [2.24, 2.45) is 0 Å². The van der Waals surface area contributed by atoms with Gasteiger partial charge < -0.3 is 19.7 Å². The van der Waals surface area contributed by atoms with Gasteiger partial charge in [-0.15, -0.1) is 0 Å². The van der Waals surface area contributed by atoms with E-state index in [0.717, 1.165) is 5.56 Å². The van der Waals surface area contributed by atoms with Crippen molar-refractivity contribution in [1.82, 2.24) is 0 Å². The van der Waals surface area contributed by atoms with Crippen molar-refractivity contribution >= 4 is 0 Å². The van der Waals surface area contributed by atoms with Crippen LogP contribution < -0.4 is 0 Å². The van der Waals surface area contributed by atoms with Crippen LogP contribution in [0, 0.1) is 0 Å². The zero-order valence-electron chi connectivity index (χ0n) is 9.22. The average molecular weight is 224 g/mol. The Morgan fingerprint density at radius 3 is 2.62 bits per heavy atom. The average Bonchev–Trinajstić information content (AvgIpc) is 2.64. The summed E-state index contributed by atoms with van der Waals surface area (Å²) in [4.78, 5) is 0. The Kier molecular flexibility index (Phi) is 3.14. The van der Waals surface area contributed by atoms with Crippen LogP contribution >= 0.6 is 0 Å². The number of benzene rings is 1. The van der Waals surface area contributed by atoms with Crippen molar-refractivity contribution in [3.05, 3.63) is 29.8 Å². The second kappa shape index (κ2) is 4.41. The number of rotatable bonds is 3. The van der Waals surface area contributed by atoms with E-state index >= 15 is 0 Å². The van der Waals surface area contributed by atoms with Crippen molar-refractivity contribution in [3.63, 3.8) is 0 Å². The number of aliphatic hydroxyl groups is 1. The van der Waals surface area contributed by atoms with Crippen molar-refractivity contribution < 1.29 is 19.7 Å². The van der Waals surface area contributed by atoms with Gasteiger partial charge in [0.05, 0.1) is 13.2 Å². The van der Waals surface area contributed by atoms with Gasteiger partial charge in [0, 0.05) is 6.42 Å². The fourth-order valence-electron chi connectivity index (χ4n) is 1.86. The molecule has 16 heavy (non-hydrogen) atoms. The molecule has 0 saturated carbocycles. The summed E-state index contributed by atoms with van der Waals surface area (Å²) >= 11 is 0. The number of hydrogen-bond donors (Lipinski definition) is 2. The standard InChI is InChI=1S/C12H16O4/c1-12(15-8-11(7-13)16-12)6-9-2-4-10(14)5-3-9/h2-5,11,13-14H,6-8H2,1H3. The minimum Gasteiger partial charge on any atom is -0.508 e. The highest BCUT2D eigenvalue weighted by atomic mass is 16.7. The van der Waals surface area contributed by atoms with E-state index in [0.29, 0.717) is 13.0 Å². The van der Waals surface area contributed by atoms with Gasteiger partial charge in [0.15, 0.2) is 5.79 Å². The second-order valence-electron chi connectivity index (χ2n) is 4.21. The summed E-state index contributed by atoms with van der Waals surface area (Å²) in [6.07, 6.45) is 0.367. The first-order chi connectivity index (χ1) is 7.61. The summed E-state index contributed by atoms with van der Waals surface area (Å²) in [5.41, 5.74) is 1.03. The highest BCUT2D eigenvalue weighted by Crippen LogP contribution is 2.27. The number of ether oxygens (including phenoxy) is 2. The maximum absolute atomic E-state index is 9.17. The molecule has 0 spiro atoms. The van der Waals surface area contributed by atoms with Gasteiger partial charge in [-0.05, 0) is 24.6 Å². The minimum absolute atomic E-state index is 0.0227. The van der Waals surface area contributed by atoms with Crippen LogP contribution in [0.3, 0.4) is 0 Å². The predicted octanol–water partition coefficient (Wildman–Crippen LogP) is 1.06. The SMILES string of the molecule is CC1(Cc2ccc(O)cc2)OCC(CO)O1. The van der Waals surface area contributed by atoms with Crippen LogP contribution in [0.4, 0.5) is 0 Å². The van der Waals surface area contributed by atoms with E-state index in [1.807, 2.05) is 19.1 Å². The van der Waals surface area contributed by atoms with E-state index in [9.17, 15) is 0 Å². The Balaban J connectivity index is 2.01. The summed E-state index contributed by atoms with van der Waals surface area (Å²) in [5.74, 6) is -0.430. The minimum atomic E-state index is -0.676. The van der Waals surface area contributed by atoms with Gasteiger partial charge in [0.2, 0.25) is 0 Å². The summed E-state index contributed by atoms with van der Waals surface area (Å²) < 4.78 is 11.1. The molecule has 4 heteroatoms. The first-order valence-corrected chi connectivity index (χ1v) is 5.32. The van der Waals surface area contributed by atoms with Crippen LogP contribution in [0.15, 0.2) is 24.3 Å². The maximum Gasteiger partial charge on any atom is 0.170 e. The molecule has 0 amide bonds. The topological polar surface area (TPSA) is 58.9 Å². The van der Waals surface area contributed by atoms with Crippen molar-refractivity contribution in [3.8, 4) is 5.75 Å². The normalized spacial score (nSPS) is 29.5. The molecule has 88 valence electrons. The number of phenolic OH excluding ortho intramolecular Hbond substituents is 1. The largest absolute Gasteiger partial charge is 0.508 e. The number of aromatic hydroxyl groups is 1. The Morgan fingerprint density at radius 1 is 1.38 bits per heavy atom. The third kappa shape index (κ3) is 2.52. The molecule has 1 saturated heterocycles. The quantitative estimate of drug-likeness (QED) is 0.806. The molecule has 1 aromatic carbocycles. The number of phenols is 1. The molecule has 0 bridgehead atoms. The molecular weight excluding hydrogens is 208 g/mol. The molecule has 4 nitrogen and oxygen atoms in total. The highest BCUT2D eigenvalue weighted by molar-refractivity contribution is 5.26. The Labute approximate surface area is 94.4 Å². The summed E-state index contributed by atoms with van der Waals surface area (Å²) in [5, 5.41) is 18.1. The first kappa shape index (κ1) is 11.4. The molecule has 1 heterocycles. The lowest BCUT2D eigenvalue weighted by Gasteiger charge is -2.23. The molecule has 0 aromatic heterocycles. The van der Waals surface area contributed by atoms with Crippen molar-refractivity contribution in [2.75, 3.05) is 13.2 Å². The number of hydrogen-bond acceptors (Lipinski definition) is 4. The van der Waals surface area contributed by atoms with Gasteiger partial charge in [0.1, 0.15) is 11.9 Å². The molecule has 2 atom stereocenters. The second-order valence-corrected chi connectivity index (χ2v) is 4.21.